The molecule has 0 fully saturated rings. The highest BCUT2D eigenvalue weighted by molar-refractivity contribution is 9.10. The van der Waals surface area contributed by atoms with Crippen LogP contribution in [0, 0.1) is 0 Å². The summed E-state index contributed by atoms with van der Waals surface area (Å²) < 4.78 is 7.89. The smallest absolute Gasteiger partial charge is 0.118 e. The van der Waals surface area contributed by atoms with Crippen LogP contribution < -0.4 is 10.5 Å². The van der Waals surface area contributed by atoms with E-state index in [0.717, 1.165) is 22.3 Å². The Bertz CT molecular complexity index is 502. The molecule has 5 heteroatoms. The summed E-state index contributed by atoms with van der Waals surface area (Å²) in [5.74, 6) is 0.856. The monoisotopic (exact) mass is 309 g/mol. The Kier molecular flexibility index (Phi) is 4.04. The summed E-state index contributed by atoms with van der Waals surface area (Å²) in [6.45, 7) is 0. The van der Waals surface area contributed by atoms with Crippen molar-refractivity contribution < 1.29 is 4.74 Å². The second-order valence-electron chi connectivity index (χ2n) is 4.16. The van der Waals surface area contributed by atoms with Crippen molar-refractivity contribution >= 4 is 15.9 Å². The Balaban J connectivity index is 2.13. The molecule has 0 saturated heterocycles. The highest BCUT2D eigenvalue weighted by Crippen LogP contribution is 2.24. The van der Waals surface area contributed by atoms with Crippen LogP contribution in [-0.2, 0) is 13.5 Å². The van der Waals surface area contributed by atoms with Crippen molar-refractivity contribution in [1.29, 1.82) is 0 Å². The molecule has 0 radical (unpaired) electrons. The molecule has 0 aliphatic rings. The molecule has 96 valence electrons. The molecule has 0 saturated carbocycles. The highest BCUT2D eigenvalue weighted by Gasteiger charge is 2.15. The second-order valence-corrected chi connectivity index (χ2v) is 5.01. The van der Waals surface area contributed by atoms with E-state index < -0.39 is 0 Å². The summed E-state index contributed by atoms with van der Waals surface area (Å²) in [6, 6.07) is 7.87. The predicted octanol–water partition coefficient (Wildman–Crippen LogP) is 2.43. The zero-order valence-corrected chi connectivity index (χ0v) is 12.0. The number of benzene rings is 1. The first kappa shape index (κ1) is 13.1. The fourth-order valence-electron chi connectivity index (χ4n) is 1.95. The third-order valence-corrected chi connectivity index (χ3v) is 3.51. The summed E-state index contributed by atoms with van der Waals surface area (Å²) in [5.41, 5.74) is 8.40. The largest absolute Gasteiger partial charge is 0.497 e. The summed E-state index contributed by atoms with van der Waals surface area (Å²) in [6.07, 6.45) is 2.53. The number of aromatic nitrogens is 2. The number of ether oxygens (including phenoxy) is 1. The Morgan fingerprint density at radius 2 is 2.06 bits per heavy atom. The van der Waals surface area contributed by atoms with E-state index in [1.807, 2.05) is 31.3 Å². The van der Waals surface area contributed by atoms with E-state index in [0.29, 0.717) is 0 Å². The van der Waals surface area contributed by atoms with E-state index in [4.69, 9.17) is 10.5 Å². The minimum absolute atomic E-state index is 0.0831. The molecular formula is C13H16BrN3O. The zero-order chi connectivity index (χ0) is 13.1. The van der Waals surface area contributed by atoms with Crippen molar-refractivity contribution in [1.82, 2.24) is 9.78 Å². The van der Waals surface area contributed by atoms with Gasteiger partial charge in [-0.1, -0.05) is 12.1 Å². The van der Waals surface area contributed by atoms with Gasteiger partial charge < -0.3 is 10.5 Å². The van der Waals surface area contributed by atoms with Crippen LogP contribution in [0.3, 0.4) is 0 Å². The topological polar surface area (TPSA) is 53.1 Å². The Hall–Kier alpha value is -1.33. The average Bonchev–Trinajstić information content (AvgIpc) is 2.70. The number of hydrogen-bond acceptors (Lipinski definition) is 3. The van der Waals surface area contributed by atoms with E-state index in [-0.39, 0.29) is 6.04 Å². The lowest BCUT2D eigenvalue weighted by atomic mass is 10.0. The van der Waals surface area contributed by atoms with Crippen LogP contribution in [0.2, 0.25) is 0 Å². The Labute approximate surface area is 115 Å². The number of methoxy groups -OCH3 is 1. The van der Waals surface area contributed by atoms with Crippen LogP contribution in [-0.4, -0.2) is 16.9 Å². The van der Waals surface area contributed by atoms with Gasteiger partial charge in [-0.15, -0.1) is 0 Å². The summed E-state index contributed by atoms with van der Waals surface area (Å²) in [7, 11) is 3.56. The number of nitrogens with zero attached hydrogens (tertiary/aromatic N) is 2. The number of rotatable bonds is 4. The molecule has 0 spiro atoms. The third-order valence-electron chi connectivity index (χ3n) is 2.90. The average molecular weight is 310 g/mol. The van der Waals surface area contributed by atoms with E-state index >= 15 is 0 Å². The molecule has 1 aromatic carbocycles. The quantitative estimate of drug-likeness (QED) is 0.943. The molecule has 2 N–H and O–H groups in total. The van der Waals surface area contributed by atoms with Gasteiger partial charge in [0.25, 0.3) is 0 Å². The first-order valence-corrected chi connectivity index (χ1v) is 6.47. The second kappa shape index (κ2) is 5.54. The molecule has 1 atom stereocenters. The minimum atomic E-state index is -0.0831. The molecule has 0 bridgehead atoms. The number of hydrogen-bond donors (Lipinski definition) is 1. The van der Waals surface area contributed by atoms with Gasteiger partial charge in [-0.05, 0) is 40.0 Å². The fraction of sp³-hybridized carbons (Fsp3) is 0.308. The van der Waals surface area contributed by atoms with Crippen LogP contribution in [0.1, 0.15) is 17.3 Å². The maximum atomic E-state index is 6.22. The fourth-order valence-corrected chi connectivity index (χ4v) is 2.59. The van der Waals surface area contributed by atoms with Gasteiger partial charge in [0.05, 0.1) is 29.5 Å². The molecule has 0 aliphatic heterocycles. The zero-order valence-electron chi connectivity index (χ0n) is 10.4. The van der Waals surface area contributed by atoms with E-state index in [1.54, 1.807) is 18.0 Å². The van der Waals surface area contributed by atoms with Crippen molar-refractivity contribution in [3.05, 3.63) is 46.2 Å². The van der Waals surface area contributed by atoms with Crippen LogP contribution in [0.25, 0.3) is 0 Å². The summed E-state index contributed by atoms with van der Waals surface area (Å²) in [5, 5.41) is 4.18. The molecule has 2 aromatic rings. The Morgan fingerprint density at radius 1 is 1.39 bits per heavy atom. The normalized spacial score (nSPS) is 12.4. The highest BCUT2D eigenvalue weighted by atomic mass is 79.9. The van der Waals surface area contributed by atoms with Crippen molar-refractivity contribution in [2.24, 2.45) is 12.8 Å². The van der Waals surface area contributed by atoms with E-state index in [2.05, 4.69) is 21.0 Å². The molecule has 1 aromatic heterocycles. The molecular weight excluding hydrogens is 294 g/mol. The van der Waals surface area contributed by atoms with Gasteiger partial charge in [-0.2, -0.15) is 5.10 Å². The van der Waals surface area contributed by atoms with Gasteiger partial charge in [0, 0.05) is 7.05 Å². The molecule has 2 rings (SSSR count). The van der Waals surface area contributed by atoms with Gasteiger partial charge in [-0.25, -0.2) is 0 Å². The molecule has 0 amide bonds. The SMILES string of the molecule is COc1ccc(CC(N)c2c(Br)cnn2C)cc1. The summed E-state index contributed by atoms with van der Waals surface area (Å²) in [4.78, 5) is 0. The standard InChI is InChI=1S/C13H16BrN3O/c1-17-13(11(14)8-16-17)12(15)7-9-3-5-10(18-2)6-4-9/h3-6,8,12H,7,15H2,1-2H3. The van der Waals surface area contributed by atoms with Crippen molar-refractivity contribution in [2.45, 2.75) is 12.5 Å². The van der Waals surface area contributed by atoms with E-state index in [1.165, 1.54) is 5.56 Å². The van der Waals surface area contributed by atoms with Gasteiger partial charge in [0.15, 0.2) is 0 Å². The maximum absolute atomic E-state index is 6.22. The maximum Gasteiger partial charge on any atom is 0.118 e. The molecule has 4 nitrogen and oxygen atoms in total. The number of nitrogens with two attached hydrogens (primary N) is 1. The first-order valence-electron chi connectivity index (χ1n) is 5.67. The first-order chi connectivity index (χ1) is 8.61. The van der Waals surface area contributed by atoms with Crippen molar-refractivity contribution in [2.75, 3.05) is 7.11 Å². The minimum Gasteiger partial charge on any atom is -0.497 e. The molecule has 1 heterocycles. The van der Waals surface area contributed by atoms with Crippen molar-refractivity contribution in [3.63, 3.8) is 0 Å². The number of halogens is 1. The third kappa shape index (κ3) is 2.73. The van der Waals surface area contributed by atoms with Crippen LogP contribution in [0.15, 0.2) is 34.9 Å². The molecule has 1 unspecified atom stereocenters. The lowest BCUT2D eigenvalue weighted by Gasteiger charge is -2.13. The predicted molar refractivity (Wildman–Crippen MR) is 74.5 cm³/mol. The Morgan fingerprint density at radius 3 is 2.56 bits per heavy atom. The van der Waals surface area contributed by atoms with Gasteiger partial charge >= 0.3 is 0 Å². The number of aryl methyl sites for hydroxylation is 1. The molecule has 0 aliphatic carbocycles. The van der Waals surface area contributed by atoms with Gasteiger partial charge in [0.1, 0.15) is 5.75 Å². The van der Waals surface area contributed by atoms with Crippen LogP contribution in [0.5, 0.6) is 5.75 Å². The van der Waals surface area contributed by atoms with E-state index in [9.17, 15) is 0 Å². The lowest BCUT2D eigenvalue weighted by Crippen LogP contribution is -2.17. The van der Waals surface area contributed by atoms with Crippen molar-refractivity contribution in [3.8, 4) is 5.75 Å². The molecule has 18 heavy (non-hydrogen) atoms. The summed E-state index contributed by atoms with van der Waals surface area (Å²) >= 11 is 3.47. The lowest BCUT2D eigenvalue weighted by molar-refractivity contribution is 0.414. The van der Waals surface area contributed by atoms with Gasteiger partial charge in [0.2, 0.25) is 0 Å². The van der Waals surface area contributed by atoms with Gasteiger partial charge in [-0.3, -0.25) is 4.68 Å². The van der Waals surface area contributed by atoms with Crippen LogP contribution in [0.4, 0.5) is 0 Å². The van der Waals surface area contributed by atoms with Crippen LogP contribution >= 0.6 is 15.9 Å².